The number of nitrogens with zero attached hydrogens (tertiary/aromatic N) is 2. The second-order valence-corrected chi connectivity index (χ2v) is 7.58. The van der Waals surface area contributed by atoms with Crippen molar-refractivity contribution >= 4 is 45.6 Å². The van der Waals surface area contributed by atoms with Gasteiger partial charge in [-0.25, -0.2) is 4.98 Å². The molecule has 8 heteroatoms. The summed E-state index contributed by atoms with van der Waals surface area (Å²) in [5, 5.41) is 5.46. The summed E-state index contributed by atoms with van der Waals surface area (Å²) in [5.41, 5.74) is 2.60. The third kappa shape index (κ3) is 3.34. The van der Waals surface area contributed by atoms with Crippen LogP contribution in [-0.4, -0.2) is 29.9 Å². The molecule has 2 amide bonds. The zero-order chi connectivity index (χ0) is 19.8. The second-order valence-electron chi connectivity index (χ2n) is 6.31. The second kappa shape index (κ2) is 7.26. The largest absolute Gasteiger partial charge is 0.479 e. The number of fused-ring (bicyclic) bond motifs is 1. The predicted octanol–water partition coefficient (Wildman–Crippen LogP) is 4.46. The number of hydrogen-bond donors (Lipinski definition) is 1. The summed E-state index contributed by atoms with van der Waals surface area (Å²) in [6.45, 7) is 1.73. The van der Waals surface area contributed by atoms with E-state index in [1.807, 2.05) is 23.6 Å². The molecule has 0 spiro atoms. The summed E-state index contributed by atoms with van der Waals surface area (Å²) in [7, 11) is 1.72. The van der Waals surface area contributed by atoms with Crippen molar-refractivity contribution in [3.63, 3.8) is 0 Å². The van der Waals surface area contributed by atoms with Crippen molar-refractivity contribution < 1.29 is 14.3 Å². The number of likely N-dealkylation sites (N-methyl/N-ethyl adjacent to an activating group) is 1. The van der Waals surface area contributed by atoms with E-state index in [-0.39, 0.29) is 11.8 Å². The van der Waals surface area contributed by atoms with E-state index in [0.29, 0.717) is 32.8 Å². The van der Waals surface area contributed by atoms with Gasteiger partial charge >= 0.3 is 0 Å². The monoisotopic (exact) mass is 413 g/mol. The molecule has 2 aromatic carbocycles. The lowest BCUT2D eigenvalue weighted by atomic mass is 10.1. The fraction of sp³-hybridized carbons (Fsp3) is 0.150. The molecule has 1 N–H and O–H groups in total. The summed E-state index contributed by atoms with van der Waals surface area (Å²) in [6.07, 6.45) is -0.505. The number of hydrogen-bond acceptors (Lipinski definition) is 5. The van der Waals surface area contributed by atoms with Crippen LogP contribution in [0, 0.1) is 0 Å². The highest BCUT2D eigenvalue weighted by atomic mass is 35.5. The molecule has 6 nitrogen and oxygen atoms in total. The third-order valence-electron chi connectivity index (χ3n) is 4.44. The molecule has 0 saturated heterocycles. The van der Waals surface area contributed by atoms with Crippen LogP contribution >= 0.6 is 22.9 Å². The molecule has 1 aliphatic heterocycles. The Morgan fingerprint density at radius 1 is 1.29 bits per heavy atom. The number of ether oxygens (including phenoxy) is 1. The molecule has 0 radical (unpaired) electrons. The first-order valence-corrected chi connectivity index (χ1v) is 9.80. The topological polar surface area (TPSA) is 71.5 Å². The van der Waals surface area contributed by atoms with Gasteiger partial charge in [-0.05, 0) is 37.3 Å². The maximum absolute atomic E-state index is 12.4. The highest BCUT2D eigenvalue weighted by molar-refractivity contribution is 7.14. The van der Waals surface area contributed by atoms with Crippen LogP contribution in [0.5, 0.6) is 5.75 Å². The van der Waals surface area contributed by atoms with Crippen molar-refractivity contribution in [3.8, 4) is 17.0 Å². The fourth-order valence-electron chi connectivity index (χ4n) is 2.94. The molecular weight excluding hydrogens is 398 g/mol. The Bertz CT molecular complexity index is 1080. The fourth-order valence-corrected chi connectivity index (χ4v) is 3.88. The maximum Gasteiger partial charge on any atom is 0.267 e. The number of rotatable bonds is 3. The number of halogens is 1. The average Bonchev–Trinajstić information content (AvgIpc) is 3.15. The molecule has 4 rings (SSSR count). The first-order chi connectivity index (χ1) is 13.4. The zero-order valence-corrected chi connectivity index (χ0v) is 16.7. The van der Waals surface area contributed by atoms with Gasteiger partial charge < -0.3 is 9.64 Å². The van der Waals surface area contributed by atoms with Gasteiger partial charge in [-0.1, -0.05) is 23.7 Å². The van der Waals surface area contributed by atoms with Crippen molar-refractivity contribution in [3.05, 3.63) is 58.4 Å². The number of carbonyl (C=O) groups is 2. The molecular formula is C20H16ClN3O3S. The van der Waals surface area contributed by atoms with E-state index in [4.69, 9.17) is 16.3 Å². The van der Waals surface area contributed by atoms with Crippen molar-refractivity contribution in [1.82, 2.24) is 4.98 Å². The molecule has 3 aromatic rings. The van der Waals surface area contributed by atoms with Crippen LogP contribution in [0.2, 0.25) is 5.02 Å². The van der Waals surface area contributed by atoms with Crippen LogP contribution in [0.3, 0.4) is 0 Å². The van der Waals surface area contributed by atoms with Gasteiger partial charge in [-0.15, -0.1) is 11.3 Å². The van der Waals surface area contributed by atoms with Crippen molar-refractivity contribution in [2.45, 2.75) is 13.0 Å². The first-order valence-electron chi connectivity index (χ1n) is 8.54. The lowest BCUT2D eigenvalue weighted by molar-refractivity contribution is -0.125. The predicted molar refractivity (Wildman–Crippen MR) is 110 cm³/mol. The van der Waals surface area contributed by atoms with Gasteiger partial charge in [0.25, 0.3) is 11.8 Å². The Kier molecular flexibility index (Phi) is 4.78. The summed E-state index contributed by atoms with van der Waals surface area (Å²) in [5.74, 6) is 0.237. The summed E-state index contributed by atoms with van der Waals surface area (Å²) < 4.78 is 5.64. The Hall–Kier alpha value is -2.90. The van der Waals surface area contributed by atoms with E-state index in [9.17, 15) is 9.59 Å². The van der Waals surface area contributed by atoms with E-state index in [2.05, 4.69) is 10.3 Å². The molecule has 1 atom stereocenters. The molecule has 0 saturated carbocycles. The van der Waals surface area contributed by atoms with Gasteiger partial charge in [0.1, 0.15) is 5.75 Å². The van der Waals surface area contributed by atoms with E-state index >= 15 is 0 Å². The maximum atomic E-state index is 12.4. The van der Waals surface area contributed by atoms with Crippen LogP contribution in [-0.2, 0) is 4.79 Å². The lowest BCUT2D eigenvalue weighted by Crippen LogP contribution is -2.41. The number of aromatic nitrogens is 1. The van der Waals surface area contributed by atoms with E-state index in [0.717, 1.165) is 5.56 Å². The minimum atomic E-state index is -0.505. The summed E-state index contributed by atoms with van der Waals surface area (Å²) in [6, 6.07) is 12.4. The Labute approximate surface area is 170 Å². The Morgan fingerprint density at radius 2 is 2.07 bits per heavy atom. The van der Waals surface area contributed by atoms with E-state index < -0.39 is 6.10 Å². The van der Waals surface area contributed by atoms with E-state index in [1.165, 1.54) is 11.3 Å². The van der Waals surface area contributed by atoms with Gasteiger partial charge in [0.05, 0.1) is 22.0 Å². The normalized spacial score (nSPS) is 15.8. The van der Waals surface area contributed by atoms with Gasteiger partial charge in [0, 0.05) is 18.0 Å². The first kappa shape index (κ1) is 18.5. The number of carbonyl (C=O) groups excluding carboxylic acids is 2. The van der Waals surface area contributed by atoms with Gasteiger partial charge in [-0.3, -0.25) is 14.9 Å². The molecule has 0 aliphatic carbocycles. The standard InChI is InChI=1S/C20H16ClN3O3S/c1-11-19(26)24(2)16-9-12(7-8-17(16)27-11)15-10-28-20(22-15)23-18(25)13-5-3-4-6-14(13)21/h3-11H,1-2H3,(H,22,23,25)/t11-/m0/s1. The number of anilines is 2. The Morgan fingerprint density at radius 3 is 2.86 bits per heavy atom. The number of amides is 2. The van der Waals surface area contributed by atoms with Gasteiger partial charge in [-0.2, -0.15) is 0 Å². The molecule has 1 aromatic heterocycles. The Balaban J connectivity index is 1.58. The van der Waals surface area contributed by atoms with Crippen molar-refractivity contribution in [2.24, 2.45) is 0 Å². The highest BCUT2D eigenvalue weighted by Crippen LogP contribution is 2.37. The number of nitrogens with one attached hydrogen (secondary N) is 1. The smallest absolute Gasteiger partial charge is 0.267 e. The molecule has 0 bridgehead atoms. The minimum Gasteiger partial charge on any atom is -0.479 e. The van der Waals surface area contributed by atoms with Crippen LogP contribution < -0.4 is 15.0 Å². The van der Waals surface area contributed by atoms with Crippen LogP contribution in [0.15, 0.2) is 47.8 Å². The van der Waals surface area contributed by atoms with Crippen LogP contribution in [0.25, 0.3) is 11.3 Å². The van der Waals surface area contributed by atoms with Gasteiger partial charge in [0.15, 0.2) is 11.2 Å². The summed E-state index contributed by atoms with van der Waals surface area (Å²) >= 11 is 7.38. The van der Waals surface area contributed by atoms with Crippen molar-refractivity contribution in [2.75, 3.05) is 17.3 Å². The molecule has 28 heavy (non-hydrogen) atoms. The molecule has 142 valence electrons. The SMILES string of the molecule is C[C@@H]1Oc2ccc(-c3csc(NC(=O)c4ccccc4Cl)n3)cc2N(C)C1=O. The number of benzene rings is 2. The van der Waals surface area contributed by atoms with Crippen LogP contribution in [0.4, 0.5) is 10.8 Å². The molecule has 0 fully saturated rings. The minimum absolute atomic E-state index is 0.101. The van der Waals surface area contributed by atoms with E-state index in [1.54, 1.807) is 43.1 Å². The van der Waals surface area contributed by atoms with Gasteiger partial charge in [0.2, 0.25) is 0 Å². The molecule has 2 heterocycles. The summed E-state index contributed by atoms with van der Waals surface area (Å²) in [4.78, 5) is 30.6. The van der Waals surface area contributed by atoms with Crippen molar-refractivity contribution in [1.29, 1.82) is 0 Å². The number of thiazole rings is 1. The molecule has 0 unspecified atom stereocenters. The molecule has 1 aliphatic rings. The van der Waals surface area contributed by atoms with Crippen LogP contribution in [0.1, 0.15) is 17.3 Å². The lowest BCUT2D eigenvalue weighted by Gasteiger charge is -2.30. The highest BCUT2D eigenvalue weighted by Gasteiger charge is 2.29. The zero-order valence-electron chi connectivity index (χ0n) is 15.1. The third-order valence-corrected chi connectivity index (χ3v) is 5.53. The quantitative estimate of drug-likeness (QED) is 0.688. The average molecular weight is 414 g/mol.